The van der Waals surface area contributed by atoms with Crippen molar-refractivity contribution in [2.75, 3.05) is 0 Å². The largest absolute Gasteiger partial charge is 0.392 e. The van der Waals surface area contributed by atoms with Crippen molar-refractivity contribution in [3.63, 3.8) is 0 Å². The lowest BCUT2D eigenvalue weighted by Crippen LogP contribution is -2.22. The van der Waals surface area contributed by atoms with Gasteiger partial charge in [-0.25, -0.2) is 0 Å². The SMILES string of the molecule is CC(C)c1ccc([C@H]2CCCC[C@H]2O)cc1. The minimum absolute atomic E-state index is 0.126. The third-order valence-electron chi connectivity index (χ3n) is 3.76. The van der Waals surface area contributed by atoms with Crippen LogP contribution in [0.25, 0.3) is 0 Å². The average Bonchev–Trinajstić information content (AvgIpc) is 2.30. The molecule has 1 nitrogen and oxygen atoms in total. The highest BCUT2D eigenvalue weighted by atomic mass is 16.3. The minimum atomic E-state index is -0.126. The van der Waals surface area contributed by atoms with E-state index in [1.165, 1.54) is 24.0 Å². The van der Waals surface area contributed by atoms with Gasteiger partial charge >= 0.3 is 0 Å². The second-order valence-corrected chi connectivity index (χ2v) is 5.28. The molecule has 0 spiro atoms. The van der Waals surface area contributed by atoms with E-state index in [1.807, 2.05) is 0 Å². The van der Waals surface area contributed by atoms with E-state index >= 15 is 0 Å². The molecule has 1 aliphatic rings. The maximum atomic E-state index is 10.0. The summed E-state index contributed by atoms with van der Waals surface area (Å²) < 4.78 is 0. The van der Waals surface area contributed by atoms with Gasteiger partial charge in [0.25, 0.3) is 0 Å². The second kappa shape index (κ2) is 5.01. The summed E-state index contributed by atoms with van der Waals surface area (Å²) in [6, 6.07) is 8.83. The molecule has 1 fully saturated rings. The van der Waals surface area contributed by atoms with Crippen molar-refractivity contribution in [3.05, 3.63) is 35.4 Å². The monoisotopic (exact) mass is 218 g/mol. The first-order valence-corrected chi connectivity index (χ1v) is 6.46. The maximum Gasteiger partial charge on any atom is 0.0608 e. The van der Waals surface area contributed by atoms with E-state index in [-0.39, 0.29) is 6.10 Å². The summed E-state index contributed by atoms with van der Waals surface area (Å²) in [7, 11) is 0. The van der Waals surface area contributed by atoms with E-state index < -0.39 is 0 Å². The van der Waals surface area contributed by atoms with Gasteiger partial charge in [-0.3, -0.25) is 0 Å². The highest BCUT2D eigenvalue weighted by Crippen LogP contribution is 2.33. The van der Waals surface area contributed by atoms with Gasteiger partial charge in [-0.05, 0) is 29.9 Å². The first-order chi connectivity index (χ1) is 7.68. The summed E-state index contributed by atoms with van der Waals surface area (Å²) in [5.74, 6) is 0.959. The molecular formula is C15H22O. The summed E-state index contributed by atoms with van der Waals surface area (Å²) >= 11 is 0. The molecule has 0 aliphatic heterocycles. The van der Waals surface area contributed by atoms with Gasteiger partial charge in [0.15, 0.2) is 0 Å². The van der Waals surface area contributed by atoms with Gasteiger partial charge in [0, 0.05) is 5.92 Å². The zero-order valence-corrected chi connectivity index (χ0v) is 10.3. The van der Waals surface area contributed by atoms with E-state index in [0.717, 1.165) is 12.8 Å². The van der Waals surface area contributed by atoms with Crippen LogP contribution in [0.2, 0.25) is 0 Å². The van der Waals surface area contributed by atoms with Crippen LogP contribution in [0.3, 0.4) is 0 Å². The standard InChI is InChI=1S/C15H22O/c1-11(2)12-7-9-13(10-8-12)14-5-3-4-6-15(14)16/h7-11,14-16H,3-6H2,1-2H3/t14-,15-/m1/s1. The molecule has 88 valence electrons. The summed E-state index contributed by atoms with van der Waals surface area (Å²) in [5.41, 5.74) is 2.70. The van der Waals surface area contributed by atoms with Gasteiger partial charge in [-0.15, -0.1) is 0 Å². The Hall–Kier alpha value is -0.820. The third kappa shape index (κ3) is 2.46. The Kier molecular flexibility index (Phi) is 3.65. The van der Waals surface area contributed by atoms with Crippen LogP contribution in [0, 0.1) is 0 Å². The number of hydrogen-bond acceptors (Lipinski definition) is 1. The molecule has 2 atom stereocenters. The molecule has 1 heteroatoms. The van der Waals surface area contributed by atoms with Crippen LogP contribution in [-0.2, 0) is 0 Å². The fraction of sp³-hybridized carbons (Fsp3) is 0.600. The Morgan fingerprint density at radius 1 is 1.06 bits per heavy atom. The van der Waals surface area contributed by atoms with Crippen molar-refractivity contribution in [2.24, 2.45) is 0 Å². The number of benzene rings is 1. The van der Waals surface area contributed by atoms with Crippen LogP contribution in [0.1, 0.15) is 62.5 Å². The number of aliphatic hydroxyl groups excluding tert-OH is 1. The van der Waals surface area contributed by atoms with Gasteiger partial charge in [0.2, 0.25) is 0 Å². The molecule has 0 amide bonds. The van der Waals surface area contributed by atoms with Crippen molar-refractivity contribution in [1.29, 1.82) is 0 Å². The highest BCUT2D eigenvalue weighted by molar-refractivity contribution is 5.28. The zero-order valence-electron chi connectivity index (χ0n) is 10.3. The molecule has 1 aliphatic carbocycles. The van der Waals surface area contributed by atoms with Crippen LogP contribution < -0.4 is 0 Å². The number of aliphatic hydroxyl groups is 1. The van der Waals surface area contributed by atoms with Gasteiger partial charge in [0.1, 0.15) is 0 Å². The van der Waals surface area contributed by atoms with Crippen LogP contribution >= 0.6 is 0 Å². The van der Waals surface area contributed by atoms with Crippen LogP contribution in [0.15, 0.2) is 24.3 Å². The molecule has 0 radical (unpaired) electrons. The summed E-state index contributed by atoms with van der Waals surface area (Å²) in [6.07, 6.45) is 4.42. The Morgan fingerprint density at radius 2 is 1.69 bits per heavy atom. The van der Waals surface area contributed by atoms with E-state index in [0.29, 0.717) is 11.8 Å². The van der Waals surface area contributed by atoms with Crippen molar-refractivity contribution in [3.8, 4) is 0 Å². The molecule has 0 saturated heterocycles. The second-order valence-electron chi connectivity index (χ2n) is 5.28. The topological polar surface area (TPSA) is 20.2 Å². The van der Waals surface area contributed by atoms with Crippen LogP contribution in [-0.4, -0.2) is 11.2 Å². The smallest absolute Gasteiger partial charge is 0.0608 e. The Bertz CT molecular complexity index is 326. The summed E-state index contributed by atoms with van der Waals surface area (Å²) in [5, 5.41) is 10.0. The molecule has 1 aromatic rings. The molecule has 0 bridgehead atoms. The third-order valence-corrected chi connectivity index (χ3v) is 3.76. The summed E-state index contributed by atoms with van der Waals surface area (Å²) in [4.78, 5) is 0. The Balaban J connectivity index is 2.14. The average molecular weight is 218 g/mol. The lowest BCUT2D eigenvalue weighted by atomic mass is 9.81. The van der Waals surface area contributed by atoms with E-state index in [4.69, 9.17) is 0 Å². The van der Waals surface area contributed by atoms with Gasteiger partial charge in [-0.1, -0.05) is 51.0 Å². The number of hydrogen-bond donors (Lipinski definition) is 1. The molecule has 16 heavy (non-hydrogen) atoms. The van der Waals surface area contributed by atoms with E-state index in [9.17, 15) is 5.11 Å². The minimum Gasteiger partial charge on any atom is -0.392 e. The van der Waals surface area contributed by atoms with Gasteiger partial charge < -0.3 is 5.11 Å². The fourth-order valence-electron chi connectivity index (χ4n) is 2.63. The Labute approximate surface area is 98.5 Å². The zero-order chi connectivity index (χ0) is 11.5. The first-order valence-electron chi connectivity index (χ1n) is 6.46. The van der Waals surface area contributed by atoms with Crippen LogP contribution in [0.4, 0.5) is 0 Å². The van der Waals surface area contributed by atoms with E-state index in [1.54, 1.807) is 0 Å². The normalized spacial score (nSPS) is 26.0. The molecule has 0 heterocycles. The van der Waals surface area contributed by atoms with E-state index in [2.05, 4.69) is 38.1 Å². The molecule has 1 aromatic carbocycles. The lowest BCUT2D eigenvalue weighted by molar-refractivity contribution is 0.106. The molecule has 0 aromatic heterocycles. The van der Waals surface area contributed by atoms with Crippen molar-refractivity contribution in [1.82, 2.24) is 0 Å². The predicted octanol–water partition coefficient (Wildman–Crippen LogP) is 3.83. The predicted molar refractivity (Wildman–Crippen MR) is 67.7 cm³/mol. The number of rotatable bonds is 2. The highest BCUT2D eigenvalue weighted by Gasteiger charge is 2.24. The van der Waals surface area contributed by atoms with Gasteiger partial charge in [0.05, 0.1) is 6.10 Å². The van der Waals surface area contributed by atoms with Crippen molar-refractivity contribution in [2.45, 2.75) is 57.5 Å². The molecule has 1 N–H and O–H groups in total. The molecule has 0 unspecified atom stereocenters. The maximum absolute atomic E-state index is 10.0. The first kappa shape index (κ1) is 11.7. The molecule has 1 saturated carbocycles. The summed E-state index contributed by atoms with van der Waals surface area (Å²) in [6.45, 7) is 4.43. The molecular weight excluding hydrogens is 196 g/mol. The van der Waals surface area contributed by atoms with Gasteiger partial charge in [-0.2, -0.15) is 0 Å². The fourth-order valence-corrected chi connectivity index (χ4v) is 2.63. The molecule has 2 rings (SSSR count). The quantitative estimate of drug-likeness (QED) is 0.800. The van der Waals surface area contributed by atoms with Crippen molar-refractivity contribution < 1.29 is 5.11 Å². The van der Waals surface area contributed by atoms with Crippen molar-refractivity contribution >= 4 is 0 Å². The van der Waals surface area contributed by atoms with Crippen LogP contribution in [0.5, 0.6) is 0 Å². The lowest BCUT2D eigenvalue weighted by Gasteiger charge is -2.28. The Morgan fingerprint density at radius 3 is 2.25 bits per heavy atom.